The summed E-state index contributed by atoms with van der Waals surface area (Å²) in [6.45, 7) is 2.19. The molecule has 0 spiro atoms. The molecular formula is C15H17N4P. The number of rotatable bonds is 4. The monoisotopic (exact) mass is 284 g/mol. The lowest BCUT2D eigenvalue weighted by molar-refractivity contribution is 1.08. The Balaban J connectivity index is 2.21. The summed E-state index contributed by atoms with van der Waals surface area (Å²) in [6.07, 6.45) is 6.01. The Bertz CT molecular complexity index is 721. The number of anilines is 1. The summed E-state index contributed by atoms with van der Waals surface area (Å²) in [4.78, 5) is 8.56. The van der Waals surface area contributed by atoms with Crippen molar-refractivity contribution in [2.75, 3.05) is 11.9 Å². The maximum Gasteiger partial charge on any atom is 0.149 e. The van der Waals surface area contributed by atoms with Crippen LogP contribution in [0.4, 0.5) is 5.82 Å². The first kappa shape index (κ1) is 13.1. The average Bonchev–Trinajstić information content (AvgIpc) is 2.86. The molecule has 5 heteroatoms. The zero-order valence-corrected chi connectivity index (χ0v) is 12.4. The minimum atomic E-state index is 0.550. The van der Waals surface area contributed by atoms with E-state index in [4.69, 9.17) is 5.73 Å². The normalized spacial score (nSPS) is 11.7. The lowest BCUT2D eigenvalue weighted by Crippen LogP contribution is -1.94. The van der Waals surface area contributed by atoms with Gasteiger partial charge >= 0.3 is 0 Å². The summed E-state index contributed by atoms with van der Waals surface area (Å²) in [5.41, 5.74) is 9.27. The smallest absolute Gasteiger partial charge is 0.149 e. The van der Waals surface area contributed by atoms with Crippen molar-refractivity contribution in [1.29, 1.82) is 0 Å². The summed E-state index contributed by atoms with van der Waals surface area (Å²) < 4.78 is 2.21. The van der Waals surface area contributed by atoms with Crippen molar-refractivity contribution < 1.29 is 0 Å². The van der Waals surface area contributed by atoms with E-state index >= 15 is 0 Å². The van der Waals surface area contributed by atoms with Gasteiger partial charge in [0, 0.05) is 11.8 Å². The molecule has 0 aliphatic rings. The molecule has 2 heterocycles. The second-order valence-electron chi connectivity index (χ2n) is 4.64. The number of fused-ring (bicyclic) bond motifs is 1. The van der Waals surface area contributed by atoms with Crippen molar-refractivity contribution in [2.24, 2.45) is 0 Å². The van der Waals surface area contributed by atoms with Gasteiger partial charge in [0.2, 0.25) is 0 Å². The molecule has 0 amide bonds. The third-order valence-electron chi connectivity index (χ3n) is 3.23. The molecule has 2 N–H and O–H groups in total. The Hall–Kier alpha value is -1.93. The molecule has 1 unspecified atom stereocenters. The van der Waals surface area contributed by atoms with Crippen LogP contribution in [0.1, 0.15) is 13.3 Å². The number of nitrogens with zero attached hydrogens (tertiary/aromatic N) is 3. The molecule has 0 saturated heterocycles. The van der Waals surface area contributed by atoms with Gasteiger partial charge < -0.3 is 10.1 Å². The largest absolute Gasteiger partial charge is 0.383 e. The number of nitrogen functional groups attached to an aromatic ring is 1. The molecule has 0 radical (unpaired) electrons. The van der Waals surface area contributed by atoms with E-state index in [-0.39, 0.29) is 0 Å². The Labute approximate surface area is 119 Å². The highest BCUT2D eigenvalue weighted by molar-refractivity contribution is 7.36. The van der Waals surface area contributed by atoms with Crippen molar-refractivity contribution in [2.45, 2.75) is 13.3 Å². The van der Waals surface area contributed by atoms with E-state index in [0.29, 0.717) is 14.5 Å². The maximum absolute atomic E-state index is 6.08. The predicted octanol–water partition coefficient (Wildman–Crippen LogP) is 3.53. The van der Waals surface area contributed by atoms with Crippen molar-refractivity contribution in [1.82, 2.24) is 14.3 Å². The summed E-state index contributed by atoms with van der Waals surface area (Å²) in [5.74, 6) is 0.550. The van der Waals surface area contributed by atoms with Crippen molar-refractivity contribution in [3.05, 3.63) is 42.9 Å². The van der Waals surface area contributed by atoms with Crippen LogP contribution in [0.5, 0.6) is 0 Å². The van der Waals surface area contributed by atoms with Crippen LogP contribution in [0, 0.1) is 0 Å². The van der Waals surface area contributed by atoms with Crippen LogP contribution < -0.4 is 5.73 Å². The molecular weight excluding hydrogens is 267 g/mol. The number of hydrogen-bond donors (Lipinski definition) is 1. The third kappa shape index (κ3) is 2.27. The van der Waals surface area contributed by atoms with E-state index in [2.05, 4.69) is 39.6 Å². The van der Waals surface area contributed by atoms with E-state index < -0.39 is 0 Å². The molecule has 1 atom stereocenters. The fraction of sp³-hybridized carbons (Fsp3) is 0.200. The lowest BCUT2D eigenvalue weighted by atomic mass is 10.1. The Morgan fingerprint density at radius 3 is 2.75 bits per heavy atom. The van der Waals surface area contributed by atoms with Crippen LogP contribution in [0.15, 0.2) is 42.9 Å². The number of nitrogens with two attached hydrogens (primary N) is 1. The van der Waals surface area contributed by atoms with E-state index in [1.165, 1.54) is 6.42 Å². The summed E-state index contributed by atoms with van der Waals surface area (Å²) >= 11 is 0. The minimum Gasteiger partial charge on any atom is -0.383 e. The highest BCUT2D eigenvalue weighted by atomic mass is 31.1. The second kappa shape index (κ2) is 5.59. The first-order valence-electron chi connectivity index (χ1n) is 6.72. The molecule has 2 aromatic heterocycles. The number of aromatic nitrogens is 3. The van der Waals surface area contributed by atoms with Gasteiger partial charge in [0.25, 0.3) is 0 Å². The second-order valence-corrected chi connectivity index (χ2v) is 5.94. The summed E-state index contributed by atoms with van der Waals surface area (Å²) in [7, 11) is 0.691. The van der Waals surface area contributed by atoms with Crippen LogP contribution in [-0.2, 0) is 0 Å². The fourth-order valence-electron chi connectivity index (χ4n) is 2.27. The zero-order valence-electron chi connectivity index (χ0n) is 11.4. The Morgan fingerprint density at radius 2 is 2.00 bits per heavy atom. The van der Waals surface area contributed by atoms with Gasteiger partial charge in [0.1, 0.15) is 17.8 Å². The van der Waals surface area contributed by atoms with E-state index in [1.54, 1.807) is 6.33 Å². The first-order valence-corrected chi connectivity index (χ1v) is 7.87. The highest BCUT2D eigenvalue weighted by Gasteiger charge is 2.14. The third-order valence-corrected chi connectivity index (χ3v) is 4.63. The molecule has 3 rings (SSSR count). The van der Waals surface area contributed by atoms with Gasteiger partial charge in [0.05, 0.1) is 5.39 Å². The van der Waals surface area contributed by atoms with Crippen LogP contribution in [0.3, 0.4) is 0 Å². The Morgan fingerprint density at radius 1 is 1.20 bits per heavy atom. The number of hydrogen-bond acceptors (Lipinski definition) is 3. The molecule has 0 bridgehead atoms. The number of benzene rings is 1. The highest BCUT2D eigenvalue weighted by Crippen LogP contribution is 2.35. The average molecular weight is 284 g/mol. The SMILES string of the molecule is CCCPn1cc(-c2ccccc2)c2c(N)ncnc21. The van der Waals surface area contributed by atoms with Crippen LogP contribution in [-0.4, -0.2) is 20.5 Å². The molecule has 20 heavy (non-hydrogen) atoms. The van der Waals surface area contributed by atoms with Gasteiger partial charge in [0.15, 0.2) is 0 Å². The summed E-state index contributed by atoms with van der Waals surface area (Å²) in [5, 5.41) is 0.960. The molecule has 102 valence electrons. The molecule has 1 aromatic carbocycles. The van der Waals surface area contributed by atoms with Gasteiger partial charge in [-0.2, -0.15) is 0 Å². The van der Waals surface area contributed by atoms with Crippen LogP contribution in [0.2, 0.25) is 0 Å². The standard InChI is InChI=1S/C15H17N4P/c1-2-8-20-19-9-12(11-6-4-3-5-7-11)13-14(16)17-10-18-15(13)19/h3-7,9-10,20H,2,8H2,1H3,(H2,16,17,18). The van der Waals surface area contributed by atoms with E-state index in [9.17, 15) is 0 Å². The molecule has 3 aromatic rings. The first-order chi connectivity index (χ1) is 9.81. The molecule has 0 aliphatic carbocycles. The predicted molar refractivity (Wildman–Crippen MR) is 86.2 cm³/mol. The summed E-state index contributed by atoms with van der Waals surface area (Å²) in [6, 6.07) is 10.3. The van der Waals surface area contributed by atoms with Crippen molar-refractivity contribution in [3.8, 4) is 11.1 Å². The van der Waals surface area contributed by atoms with E-state index in [1.807, 2.05) is 18.2 Å². The quantitative estimate of drug-likeness (QED) is 0.746. The lowest BCUT2D eigenvalue weighted by Gasteiger charge is -2.02. The van der Waals surface area contributed by atoms with Crippen LogP contribution >= 0.6 is 8.73 Å². The van der Waals surface area contributed by atoms with Gasteiger partial charge in [-0.3, -0.25) is 0 Å². The topological polar surface area (TPSA) is 56.7 Å². The maximum atomic E-state index is 6.08. The van der Waals surface area contributed by atoms with Crippen LogP contribution in [0.25, 0.3) is 22.2 Å². The molecule has 0 fully saturated rings. The fourth-order valence-corrected chi connectivity index (χ4v) is 3.28. The Kier molecular flexibility index (Phi) is 3.66. The van der Waals surface area contributed by atoms with Crippen molar-refractivity contribution in [3.63, 3.8) is 0 Å². The van der Waals surface area contributed by atoms with Gasteiger partial charge in [-0.1, -0.05) is 43.7 Å². The zero-order chi connectivity index (χ0) is 13.9. The van der Waals surface area contributed by atoms with Crippen molar-refractivity contribution >= 4 is 25.6 Å². The minimum absolute atomic E-state index is 0.550. The van der Waals surface area contributed by atoms with Gasteiger partial charge in [-0.05, 0) is 20.5 Å². The molecule has 4 nitrogen and oxygen atoms in total. The van der Waals surface area contributed by atoms with Gasteiger partial charge in [-0.25, -0.2) is 9.97 Å². The van der Waals surface area contributed by atoms with Gasteiger partial charge in [-0.15, -0.1) is 0 Å². The van der Waals surface area contributed by atoms with E-state index in [0.717, 1.165) is 28.3 Å². The molecule has 0 saturated carbocycles. The molecule has 0 aliphatic heterocycles.